The van der Waals surface area contributed by atoms with E-state index in [0.29, 0.717) is 6.42 Å². The molecular formula is C21H18FNOS. The van der Waals surface area contributed by atoms with Gasteiger partial charge >= 0.3 is 0 Å². The van der Waals surface area contributed by atoms with Crippen LogP contribution in [0.25, 0.3) is 5.70 Å². The fourth-order valence-corrected chi connectivity index (χ4v) is 4.47. The highest BCUT2D eigenvalue weighted by molar-refractivity contribution is 8.06. The zero-order valence-corrected chi connectivity index (χ0v) is 14.6. The first kappa shape index (κ1) is 16.2. The van der Waals surface area contributed by atoms with E-state index in [0.717, 1.165) is 41.2 Å². The van der Waals surface area contributed by atoms with Gasteiger partial charge in [0.05, 0.1) is 16.3 Å². The average molecular weight is 351 g/mol. The number of hydrogen-bond donors (Lipinski definition) is 0. The van der Waals surface area contributed by atoms with Gasteiger partial charge in [0.25, 0.3) is 0 Å². The minimum atomic E-state index is -0.448. The van der Waals surface area contributed by atoms with E-state index in [1.165, 1.54) is 6.07 Å². The monoisotopic (exact) mass is 351 g/mol. The van der Waals surface area contributed by atoms with E-state index in [-0.39, 0.29) is 11.3 Å². The number of benzene rings is 2. The predicted octanol–water partition coefficient (Wildman–Crippen LogP) is 5.45. The Labute approximate surface area is 151 Å². The zero-order valence-electron chi connectivity index (χ0n) is 13.7. The lowest BCUT2D eigenvalue weighted by atomic mass is 9.99. The van der Waals surface area contributed by atoms with Crippen molar-refractivity contribution in [2.45, 2.75) is 19.3 Å². The maximum absolute atomic E-state index is 14.1. The van der Waals surface area contributed by atoms with Crippen molar-refractivity contribution in [3.05, 3.63) is 87.6 Å². The lowest BCUT2D eigenvalue weighted by Gasteiger charge is -2.23. The van der Waals surface area contributed by atoms with E-state index in [1.54, 1.807) is 30.0 Å². The molecule has 2 aliphatic rings. The number of allylic oxidation sites excluding steroid dienone is 1. The summed E-state index contributed by atoms with van der Waals surface area (Å²) in [5.41, 5.74) is 3.17. The fraction of sp³-hybridized carbons (Fsp3) is 0.190. The summed E-state index contributed by atoms with van der Waals surface area (Å²) in [6.45, 7) is 0.886. The zero-order chi connectivity index (χ0) is 17.2. The Morgan fingerprint density at radius 3 is 2.56 bits per heavy atom. The summed E-state index contributed by atoms with van der Waals surface area (Å²) < 4.78 is 14.1. The lowest BCUT2D eigenvalue weighted by Crippen LogP contribution is -2.19. The molecule has 0 spiro atoms. The van der Waals surface area contributed by atoms with Gasteiger partial charge in [0.1, 0.15) is 5.82 Å². The third kappa shape index (κ3) is 3.02. The molecule has 0 saturated heterocycles. The van der Waals surface area contributed by atoms with Crippen LogP contribution in [0.3, 0.4) is 0 Å². The Bertz CT molecular complexity index is 872. The van der Waals surface area contributed by atoms with Crippen molar-refractivity contribution in [2.75, 3.05) is 6.54 Å². The van der Waals surface area contributed by atoms with Crippen molar-refractivity contribution in [1.82, 2.24) is 4.90 Å². The van der Waals surface area contributed by atoms with Crippen LogP contribution in [0.15, 0.2) is 70.6 Å². The minimum absolute atomic E-state index is 0.167. The summed E-state index contributed by atoms with van der Waals surface area (Å²) in [5, 5.41) is 3.06. The maximum atomic E-state index is 14.1. The van der Waals surface area contributed by atoms with E-state index in [1.807, 2.05) is 18.2 Å². The van der Waals surface area contributed by atoms with Gasteiger partial charge in [0.2, 0.25) is 0 Å². The molecule has 126 valence electrons. The SMILES string of the molecule is O=C(C1=C2SC=C(c3ccccc3)N2CCCC1)c1ccccc1F. The number of carbonyl (C=O) groups excluding carboxylic acids is 1. The summed E-state index contributed by atoms with van der Waals surface area (Å²) >= 11 is 1.58. The molecular weight excluding hydrogens is 333 g/mol. The first-order valence-electron chi connectivity index (χ1n) is 8.48. The minimum Gasteiger partial charge on any atom is -0.335 e. The molecule has 2 nitrogen and oxygen atoms in total. The normalized spacial score (nSPS) is 17.2. The van der Waals surface area contributed by atoms with Crippen LogP contribution in [-0.2, 0) is 0 Å². The first-order chi connectivity index (χ1) is 12.3. The standard InChI is InChI=1S/C21H18FNOS/c22-18-12-5-4-10-16(18)20(24)17-11-6-7-13-23-19(14-25-21(17)23)15-8-2-1-3-9-15/h1-5,8-10,12,14H,6-7,11,13H2. The van der Waals surface area contributed by atoms with E-state index in [9.17, 15) is 9.18 Å². The molecule has 2 aromatic rings. The van der Waals surface area contributed by atoms with Crippen LogP contribution in [0.1, 0.15) is 35.2 Å². The fourth-order valence-electron chi connectivity index (χ4n) is 3.33. The Morgan fingerprint density at radius 1 is 1.00 bits per heavy atom. The Hall–Kier alpha value is -2.33. The molecule has 0 saturated carbocycles. The number of nitrogens with zero attached hydrogens (tertiary/aromatic N) is 1. The van der Waals surface area contributed by atoms with Crippen LogP contribution >= 0.6 is 11.8 Å². The van der Waals surface area contributed by atoms with Gasteiger partial charge in [0.15, 0.2) is 5.78 Å². The second-order valence-electron chi connectivity index (χ2n) is 6.19. The van der Waals surface area contributed by atoms with Gasteiger partial charge in [-0.1, -0.05) is 54.2 Å². The molecule has 0 aromatic heterocycles. The number of carbonyl (C=O) groups is 1. The molecule has 0 amide bonds. The second kappa shape index (κ2) is 6.89. The maximum Gasteiger partial charge on any atom is 0.194 e. The van der Waals surface area contributed by atoms with Crippen molar-refractivity contribution in [1.29, 1.82) is 0 Å². The molecule has 0 aliphatic carbocycles. The van der Waals surface area contributed by atoms with Gasteiger partial charge in [-0.15, -0.1) is 0 Å². The number of ketones is 1. The number of hydrogen-bond acceptors (Lipinski definition) is 3. The molecule has 2 aromatic carbocycles. The van der Waals surface area contributed by atoms with Gasteiger partial charge < -0.3 is 4.90 Å². The molecule has 0 fully saturated rings. The first-order valence-corrected chi connectivity index (χ1v) is 9.36. The third-order valence-corrected chi connectivity index (χ3v) is 5.63. The summed E-state index contributed by atoms with van der Waals surface area (Å²) in [6.07, 6.45) is 2.66. The second-order valence-corrected chi connectivity index (χ2v) is 7.05. The molecule has 25 heavy (non-hydrogen) atoms. The van der Waals surface area contributed by atoms with Crippen LogP contribution in [-0.4, -0.2) is 17.2 Å². The largest absolute Gasteiger partial charge is 0.335 e. The Balaban J connectivity index is 1.73. The Kier molecular flexibility index (Phi) is 4.45. The van der Waals surface area contributed by atoms with Gasteiger partial charge in [0, 0.05) is 17.5 Å². The highest BCUT2D eigenvalue weighted by Gasteiger charge is 2.30. The molecule has 2 heterocycles. The quantitative estimate of drug-likeness (QED) is 0.686. The lowest BCUT2D eigenvalue weighted by molar-refractivity contribution is 0.102. The smallest absolute Gasteiger partial charge is 0.194 e. The third-order valence-electron chi connectivity index (χ3n) is 4.60. The number of rotatable bonds is 3. The van der Waals surface area contributed by atoms with Crippen molar-refractivity contribution in [3.8, 4) is 0 Å². The number of halogens is 1. The molecule has 0 N–H and O–H groups in total. The Morgan fingerprint density at radius 2 is 1.76 bits per heavy atom. The van der Waals surface area contributed by atoms with Gasteiger partial charge in [-0.25, -0.2) is 4.39 Å². The average Bonchev–Trinajstić information content (AvgIpc) is 2.95. The summed E-state index contributed by atoms with van der Waals surface area (Å²) in [5.74, 6) is -0.633. The molecule has 0 bridgehead atoms. The van der Waals surface area contributed by atoms with Gasteiger partial charge in [-0.05, 0) is 37.0 Å². The molecule has 4 heteroatoms. The van der Waals surface area contributed by atoms with Crippen LogP contribution in [0.4, 0.5) is 4.39 Å². The van der Waals surface area contributed by atoms with Crippen molar-refractivity contribution < 1.29 is 9.18 Å². The van der Waals surface area contributed by atoms with Gasteiger partial charge in [-0.3, -0.25) is 4.79 Å². The summed E-state index contributed by atoms with van der Waals surface area (Å²) in [7, 11) is 0. The van der Waals surface area contributed by atoms with Crippen LogP contribution < -0.4 is 0 Å². The number of thioether (sulfide) groups is 1. The molecule has 0 unspecified atom stereocenters. The van der Waals surface area contributed by atoms with E-state index in [2.05, 4.69) is 22.4 Å². The predicted molar refractivity (Wildman–Crippen MR) is 100 cm³/mol. The van der Waals surface area contributed by atoms with Crippen LogP contribution in [0.5, 0.6) is 0 Å². The van der Waals surface area contributed by atoms with E-state index in [4.69, 9.17) is 0 Å². The van der Waals surface area contributed by atoms with E-state index >= 15 is 0 Å². The summed E-state index contributed by atoms with van der Waals surface area (Å²) in [6, 6.07) is 16.5. The number of fused-ring (bicyclic) bond motifs is 1. The highest BCUT2D eigenvalue weighted by Crippen LogP contribution is 2.44. The van der Waals surface area contributed by atoms with Gasteiger partial charge in [-0.2, -0.15) is 0 Å². The molecule has 0 atom stereocenters. The highest BCUT2D eigenvalue weighted by atomic mass is 32.2. The topological polar surface area (TPSA) is 20.3 Å². The molecule has 4 rings (SSSR count). The molecule has 0 radical (unpaired) electrons. The van der Waals surface area contributed by atoms with Crippen molar-refractivity contribution in [3.63, 3.8) is 0 Å². The van der Waals surface area contributed by atoms with Crippen LogP contribution in [0, 0.1) is 5.82 Å². The molecule has 2 aliphatic heterocycles. The van der Waals surface area contributed by atoms with Crippen molar-refractivity contribution >= 4 is 23.2 Å². The van der Waals surface area contributed by atoms with Crippen molar-refractivity contribution in [2.24, 2.45) is 0 Å². The van der Waals surface area contributed by atoms with E-state index < -0.39 is 5.82 Å². The number of Topliss-reactive ketones (excluding diaryl/α,β-unsaturated/α-hetero) is 1. The summed E-state index contributed by atoms with van der Waals surface area (Å²) in [4.78, 5) is 15.2. The van der Waals surface area contributed by atoms with Crippen LogP contribution in [0.2, 0.25) is 0 Å².